The van der Waals surface area contributed by atoms with Gasteiger partial charge in [-0.05, 0) is 18.4 Å². The van der Waals surface area contributed by atoms with E-state index in [1.165, 1.54) is 12.3 Å². The van der Waals surface area contributed by atoms with Crippen LogP contribution >= 0.6 is 35.3 Å². The summed E-state index contributed by atoms with van der Waals surface area (Å²) < 4.78 is 41.0. The largest absolute Gasteiger partial charge is 0.468 e. The maximum Gasteiger partial charge on any atom is 0.422 e. The van der Waals surface area contributed by atoms with Crippen LogP contribution in [0.4, 0.5) is 13.2 Å². The van der Waals surface area contributed by atoms with Crippen molar-refractivity contribution in [2.45, 2.75) is 46.0 Å². The van der Waals surface area contributed by atoms with Gasteiger partial charge >= 0.3 is 6.18 Å². The SMILES string of the molecule is CCNC(=NCc1ccc(OCC(F)(F)F)nc1)NCc1nc(C(C)C)cs1.I. The first-order valence-corrected chi connectivity index (χ1v) is 9.75. The van der Waals surface area contributed by atoms with E-state index < -0.39 is 12.8 Å². The number of hydrogen-bond acceptors (Lipinski definition) is 5. The molecule has 0 saturated carbocycles. The smallest absolute Gasteiger partial charge is 0.422 e. The van der Waals surface area contributed by atoms with Gasteiger partial charge < -0.3 is 15.4 Å². The number of guanidine groups is 1. The van der Waals surface area contributed by atoms with Crippen LogP contribution in [0, 0.1) is 0 Å². The summed E-state index contributed by atoms with van der Waals surface area (Å²) in [6.45, 7) is 6.40. The third-order valence-electron chi connectivity index (χ3n) is 3.51. The van der Waals surface area contributed by atoms with Crippen LogP contribution < -0.4 is 15.4 Å². The first-order chi connectivity index (χ1) is 13.3. The average molecular weight is 543 g/mol. The molecule has 0 aliphatic heterocycles. The van der Waals surface area contributed by atoms with E-state index in [1.807, 2.05) is 6.92 Å². The maximum atomic E-state index is 12.2. The average Bonchev–Trinajstić information content (AvgIpc) is 3.12. The molecule has 2 aromatic rings. The van der Waals surface area contributed by atoms with E-state index in [0.717, 1.165) is 16.3 Å². The van der Waals surface area contributed by atoms with Crippen LogP contribution in [-0.2, 0) is 13.1 Å². The molecule has 0 atom stereocenters. The predicted octanol–water partition coefficient (Wildman–Crippen LogP) is 4.48. The summed E-state index contributed by atoms with van der Waals surface area (Å²) in [4.78, 5) is 12.9. The van der Waals surface area contributed by atoms with Gasteiger partial charge in [0, 0.05) is 24.2 Å². The molecule has 2 heterocycles. The van der Waals surface area contributed by atoms with Gasteiger partial charge in [0.05, 0.1) is 18.8 Å². The van der Waals surface area contributed by atoms with E-state index in [1.54, 1.807) is 17.4 Å². The molecule has 0 bridgehead atoms. The van der Waals surface area contributed by atoms with Gasteiger partial charge in [0.25, 0.3) is 0 Å². The second-order valence-electron chi connectivity index (χ2n) is 6.28. The van der Waals surface area contributed by atoms with Crippen molar-refractivity contribution in [3.63, 3.8) is 0 Å². The van der Waals surface area contributed by atoms with Gasteiger partial charge in [-0.1, -0.05) is 19.9 Å². The molecule has 6 nitrogen and oxygen atoms in total. The minimum absolute atomic E-state index is 0. The second kappa shape index (κ2) is 12.2. The van der Waals surface area contributed by atoms with Crippen molar-refractivity contribution in [2.75, 3.05) is 13.2 Å². The maximum absolute atomic E-state index is 12.2. The molecule has 0 aliphatic rings. The Hall–Kier alpha value is -1.63. The molecule has 29 heavy (non-hydrogen) atoms. The summed E-state index contributed by atoms with van der Waals surface area (Å²) in [5, 5.41) is 9.40. The summed E-state index contributed by atoms with van der Waals surface area (Å²) >= 11 is 1.60. The standard InChI is InChI=1S/C18H24F3N5OS.HI/c1-4-22-17(25-9-16-26-14(10-28-16)12(2)3)24-8-13-5-6-15(23-7-13)27-11-18(19,20)21;/h5-7,10,12H,4,8-9,11H2,1-3H3,(H2,22,24,25);1H. The Labute approximate surface area is 189 Å². The predicted molar refractivity (Wildman–Crippen MR) is 119 cm³/mol. The summed E-state index contributed by atoms with van der Waals surface area (Å²) in [6, 6.07) is 3.04. The molecule has 0 radical (unpaired) electrons. The molecule has 2 N–H and O–H groups in total. The summed E-state index contributed by atoms with van der Waals surface area (Å²) in [5.41, 5.74) is 1.83. The number of ether oxygens (including phenoxy) is 1. The van der Waals surface area contributed by atoms with Gasteiger partial charge in [-0.25, -0.2) is 15.0 Å². The van der Waals surface area contributed by atoms with Crippen molar-refractivity contribution >= 4 is 41.3 Å². The van der Waals surface area contributed by atoms with Crippen LogP contribution in [0.1, 0.15) is 43.0 Å². The highest BCUT2D eigenvalue weighted by Gasteiger charge is 2.28. The number of alkyl halides is 3. The Balaban J connectivity index is 0.00000420. The van der Waals surface area contributed by atoms with Gasteiger partial charge in [0.2, 0.25) is 5.88 Å². The zero-order valence-electron chi connectivity index (χ0n) is 16.4. The molecule has 2 aromatic heterocycles. The van der Waals surface area contributed by atoms with Gasteiger partial charge in [0.15, 0.2) is 12.6 Å². The zero-order chi connectivity index (χ0) is 20.6. The van der Waals surface area contributed by atoms with Crippen molar-refractivity contribution in [3.05, 3.63) is 40.0 Å². The summed E-state index contributed by atoms with van der Waals surface area (Å²) in [5.74, 6) is 0.948. The van der Waals surface area contributed by atoms with E-state index in [0.29, 0.717) is 31.5 Å². The molecular formula is C18H25F3IN5OS. The highest BCUT2D eigenvalue weighted by atomic mass is 127. The van der Waals surface area contributed by atoms with Crippen LogP contribution in [0.3, 0.4) is 0 Å². The third kappa shape index (κ3) is 9.61. The van der Waals surface area contributed by atoms with Gasteiger partial charge in [-0.15, -0.1) is 35.3 Å². The fourth-order valence-electron chi connectivity index (χ4n) is 2.09. The van der Waals surface area contributed by atoms with E-state index >= 15 is 0 Å². The normalized spacial score (nSPS) is 11.9. The van der Waals surface area contributed by atoms with E-state index in [2.05, 4.69) is 49.6 Å². The zero-order valence-corrected chi connectivity index (χ0v) is 19.6. The fraction of sp³-hybridized carbons (Fsp3) is 0.500. The number of hydrogen-bond donors (Lipinski definition) is 2. The van der Waals surface area contributed by atoms with Crippen LogP contribution in [0.25, 0.3) is 0 Å². The summed E-state index contributed by atoms with van der Waals surface area (Å²) in [6.07, 6.45) is -2.93. The van der Waals surface area contributed by atoms with E-state index in [-0.39, 0.29) is 29.9 Å². The number of thiazole rings is 1. The van der Waals surface area contributed by atoms with Crippen LogP contribution in [0.2, 0.25) is 0 Å². The molecule has 0 spiro atoms. The van der Waals surface area contributed by atoms with Crippen molar-refractivity contribution in [1.29, 1.82) is 0 Å². The minimum atomic E-state index is -4.38. The lowest BCUT2D eigenvalue weighted by molar-refractivity contribution is -0.154. The third-order valence-corrected chi connectivity index (χ3v) is 4.38. The highest BCUT2D eigenvalue weighted by Crippen LogP contribution is 2.18. The van der Waals surface area contributed by atoms with E-state index in [4.69, 9.17) is 0 Å². The lowest BCUT2D eigenvalue weighted by Gasteiger charge is -2.10. The van der Waals surface area contributed by atoms with Crippen LogP contribution in [-0.4, -0.2) is 35.3 Å². The monoisotopic (exact) mass is 543 g/mol. The molecule has 0 aliphatic carbocycles. The van der Waals surface area contributed by atoms with Gasteiger partial charge in [-0.3, -0.25) is 0 Å². The number of pyridine rings is 1. The highest BCUT2D eigenvalue weighted by molar-refractivity contribution is 14.0. The van der Waals surface area contributed by atoms with Gasteiger partial charge in [0.1, 0.15) is 5.01 Å². The first kappa shape index (κ1) is 25.4. The number of nitrogens with zero attached hydrogens (tertiary/aromatic N) is 3. The molecule has 0 saturated heterocycles. The lowest BCUT2D eigenvalue weighted by atomic mass is 10.2. The second-order valence-corrected chi connectivity index (χ2v) is 7.22. The van der Waals surface area contributed by atoms with Crippen LogP contribution in [0.15, 0.2) is 28.7 Å². The number of rotatable bonds is 8. The molecule has 162 valence electrons. The lowest BCUT2D eigenvalue weighted by Crippen LogP contribution is -2.36. The minimum Gasteiger partial charge on any atom is -0.468 e. The van der Waals surface area contributed by atoms with Crippen molar-refractivity contribution in [1.82, 2.24) is 20.6 Å². The number of nitrogens with one attached hydrogen (secondary N) is 2. The Morgan fingerprint density at radius 3 is 2.59 bits per heavy atom. The van der Waals surface area contributed by atoms with Crippen LogP contribution in [0.5, 0.6) is 5.88 Å². The van der Waals surface area contributed by atoms with Crippen molar-refractivity contribution < 1.29 is 17.9 Å². The first-order valence-electron chi connectivity index (χ1n) is 8.87. The molecule has 2 rings (SSSR count). The Kier molecular flexibility index (Phi) is 10.6. The van der Waals surface area contributed by atoms with Crippen molar-refractivity contribution in [3.8, 4) is 5.88 Å². The number of halogens is 4. The van der Waals surface area contributed by atoms with E-state index in [9.17, 15) is 13.2 Å². The van der Waals surface area contributed by atoms with Gasteiger partial charge in [-0.2, -0.15) is 13.2 Å². The Morgan fingerprint density at radius 2 is 2.03 bits per heavy atom. The molecule has 0 unspecified atom stereocenters. The number of aromatic nitrogens is 2. The molecule has 0 aromatic carbocycles. The molecule has 0 amide bonds. The summed E-state index contributed by atoms with van der Waals surface area (Å²) in [7, 11) is 0. The molecule has 11 heteroatoms. The molecule has 0 fully saturated rings. The Morgan fingerprint density at radius 1 is 1.28 bits per heavy atom. The quantitative estimate of drug-likeness (QED) is 0.292. The molecular weight excluding hydrogens is 518 g/mol. The van der Waals surface area contributed by atoms with Crippen molar-refractivity contribution in [2.24, 2.45) is 4.99 Å². The topological polar surface area (TPSA) is 71.4 Å². The number of aliphatic imine (C=N–C) groups is 1. The Bertz CT molecular complexity index is 766. The fourth-order valence-corrected chi connectivity index (χ4v) is 2.98.